The second kappa shape index (κ2) is 14.1. The molecule has 0 amide bonds. The molecule has 3 aliphatic carbocycles. The Morgan fingerprint density at radius 3 is 1.63 bits per heavy atom. The predicted molar refractivity (Wildman–Crippen MR) is 131 cm³/mol. The summed E-state index contributed by atoms with van der Waals surface area (Å²) in [4.78, 5) is 0. The first kappa shape index (κ1) is 24.6. The van der Waals surface area contributed by atoms with E-state index in [1.807, 2.05) is 0 Å². The van der Waals surface area contributed by atoms with E-state index in [0.29, 0.717) is 0 Å². The summed E-state index contributed by atoms with van der Waals surface area (Å²) in [6.07, 6.45) is 29.5. The van der Waals surface area contributed by atoms with Gasteiger partial charge in [-0.2, -0.15) is 0 Å². The zero-order valence-corrected chi connectivity index (χ0v) is 20.2. The first-order chi connectivity index (χ1) is 14.8. The summed E-state index contributed by atoms with van der Waals surface area (Å²) >= 11 is 0. The van der Waals surface area contributed by atoms with E-state index in [0.717, 1.165) is 48.6 Å². The van der Waals surface area contributed by atoms with Gasteiger partial charge in [-0.1, -0.05) is 70.6 Å². The highest BCUT2D eigenvalue weighted by Gasteiger charge is 2.33. The van der Waals surface area contributed by atoms with Crippen molar-refractivity contribution in [3.63, 3.8) is 0 Å². The van der Waals surface area contributed by atoms with Crippen LogP contribution in [0.3, 0.4) is 0 Å². The van der Waals surface area contributed by atoms with Gasteiger partial charge in [0.15, 0.2) is 0 Å². The van der Waals surface area contributed by atoms with Gasteiger partial charge in [-0.05, 0) is 106 Å². The van der Waals surface area contributed by atoms with Gasteiger partial charge in [0.2, 0.25) is 0 Å². The Hall–Kier alpha value is -0.0800. The number of nitrogens with two attached hydrogens (primary N) is 2. The van der Waals surface area contributed by atoms with Crippen LogP contribution in [-0.4, -0.2) is 13.1 Å². The molecule has 0 aromatic rings. The summed E-state index contributed by atoms with van der Waals surface area (Å²) < 4.78 is 0. The van der Waals surface area contributed by atoms with Crippen LogP contribution in [0.2, 0.25) is 0 Å². The van der Waals surface area contributed by atoms with E-state index in [-0.39, 0.29) is 0 Å². The van der Waals surface area contributed by atoms with Crippen LogP contribution >= 0.6 is 0 Å². The van der Waals surface area contributed by atoms with E-state index in [1.165, 1.54) is 77.0 Å². The zero-order chi connectivity index (χ0) is 21.0. The number of rotatable bonds is 12. The Morgan fingerprint density at radius 1 is 0.533 bits per heavy atom. The third kappa shape index (κ3) is 8.12. The number of hydrogen-bond donors (Lipinski definition) is 2. The first-order valence-corrected chi connectivity index (χ1v) is 14.2. The lowest BCUT2D eigenvalue weighted by Gasteiger charge is -2.40. The van der Waals surface area contributed by atoms with Crippen LogP contribution in [-0.2, 0) is 0 Å². The molecule has 0 heterocycles. The zero-order valence-electron chi connectivity index (χ0n) is 20.2. The second-order valence-corrected chi connectivity index (χ2v) is 11.5. The standard InChI is InChI=1S/C28H54N2/c29-21-6-2-3-8-24(22-30)10-7-9-23-13-15-26(16-14-23)28-19-17-27(18-20-28)25-11-4-1-5-12-25/h23-28H,1-22,29-30H2. The van der Waals surface area contributed by atoms with Crippen molar-refractivity contribution in [2.75, 3.05) is 13.1 Å². The minimum absolute atomic E-state index is 0.762. The lowest BCUT2D eigenvalue weighted by atomic mass is 9.65. The fourth-order valence-electron chi connectivity index (χ4n) is 7.47. The molecule has 0 radical (unpaired) electrons. The number of unbranched alkanes of at least 4 members (excludes halogenated alkanes) is 2. The number of hydrogen-bond acceptors (Lipinski definition) is 2. The van der Waals surface area contributed by atoms with Crippen molar-refractivity contribution in [2.24, 2.45) is 47.0 Å². The molecule has 0 saturated heterocycles. The normalized spacial score (nSPS) is 32.2. The highest BCUT2D eigenvalue weighted by atomic mass is 14.5. The maximum absolute atomic E-state index is 6.04. The van der Waals surface area contributed by atoms with Crippen LogP contribution in [0.25, 0.3) is 0 Å². The largest absolute Gasteiger partial charge is 0.330 e. The maximum Gasteiger partial charge on any atom is -0.00489 e. The molecular formula is C28H54N2. The molecule has 1 unspecified atom stereocenters. The van der Waals surface area contributed by atoms with Crippen molar-refractivity contribution >= 4 is 0 Å². The average molecular weight is 419 g/mol. The van der Waals surface area contributed by atoms with E-state index in [9.17, 15) is 0 Å². The highest BCUT2D eigenvalue weighted by Crippen LogP contribution is 2.45. The molecule has 3 fully saturated rings. The fraction of sp³-hybridized carbons (Fsp3) is 1.00. The van der Waals surface area contributed by atoms with Gasteiger partial charge in [0.05, 0.1) is 0 Å². The molecular weight excluding hydrogens is 364 g/mol. The summed E-state index contributed by atoms with van der Waals surface area (Å²) in [5.41, 5.74) is 11.7. The SMILES string of the molecule is NCCCCCC(CN)CCCC1CCC(C2CCC(C3CCCCC3)CC2)CC1. The summed E-state index contributed by atoms with van der Waals surface area (Å²) in [6, 6.07) is 0. The van der Waals surface area contributed by atoms with E-state index >= 15 is 0 Å². The van der Waals surface area contributed by atoms with Crippen LogP contribution in [0, 0.1) is 35.5 Å². The minimum Gasteiger partial charge on any atom is -0.330 e. The molecule has 3 aliphatic rings. The van der Waals surface area contributed by atoms with Crippen molar-refractivity contribution < 1.29 is 0 Å². The van der Waals surface area contributed by atoms with Crippen molar-refractivity contribution in [1.29, 1.82) is 0 Å². The van der Waals surface area contributed by atoms with Crippen molar-refractivity contribution in [3.05, 3.63) is 0 Å². The van der Waals surface area contributed by atoms with Gasteiger partial charge >= 0.3 is 0 Å². The van der Waals surface area contributed by atoms with Gasteiger partial charge in [0, 0.05) is 0 Å². The molecule has 1 atom stereocenters. The summed E-state index contributed by atoms with van der Waals surface area (Å²) in [6.45, 7) is 1.73. The molecule has 4 N–H and O–H groups in total. The van der Waals surface area contributed by atoms with Gasteiger partial charge in [0.1, 0.15) is 0 Å². The van der Waals surface area contributed by atoms with Crippen molar-refractivity contribution in [3.8, 4) is 0 Å². The highest BCUT2D eigenvalue weighted by molar-refractivity contribution is 4.85. The van der Waals surface area contributed by atoms with Crippen LogP contribution in [0.15, 0.2) is 0 Å². The molecule has 0 aliphatic heterocycles. The van der Waals surface area contributed by atoms with Crippen LogP contribution in [0.1, 0.15) is 128 Å². The quantitative estimate of drug-likeness (QED) is 0.323. The molecule has 0 aromatic heterocycles. The lowest BCUT2D eigenvalue weighted by Crippen LogP contribution is -2.29. The van der Waals surface area contributed by atoms with Gasteiger partial charge in [0.25, 0.3) is 0 Å². The fourth-order valence-corrected chi connectivity index (χ4v) is 7.47. The molecule has 0 aromatic carbocycles. The van der Waals surface area contributed by atoms with E-state index in [1.54, 1.807) is 51.4 Å². The molecule has 0 bridgehead atoms. The predicted octanol–water partition coefficient (Wildman–Crippen LogP) is 7.44. The van der Waals surface area contributed by atoms with Gasteiger partial charge in [-0.25, -0.2) is 0 Å². The minimum atomic E-state index is 0.762. The monoisotopic (exact) mass is 418 g/mol. The van der Waals surface area contributed by atoms with Gasteiger partial charge in [-0.3, -0.25) is 0 Å². The summed E-state index contributed by atoms with van der Waals surface area (Å²) in [7, 11) is 0. The summed E-state index contributed by atoms with van der Waals surface area (Å²) in [5, 5.41) is 0. The van der Waals surface area contributed by atoms with E-state index in [4.69, 9.17) is 11.5 Å². The first-order valence-electron chi connectivity index (χ1n) is 14.2. The Bertz CT molecular complexity index is 414. The van der Waals surface area contributed by atoms with Crippen LogP contribution in [0.4, 0.5) is 0 Å². The maximum atomic E-state index is 6.04. The molecule has 3 rings (SSSR count). The van der Waals surface area contributed by atoms with Gasteiger partial charge < -0.3 is 11.5 Å². The van der Waals surface area contributed by atoms with Crippen molar-refractivity contribution in [2.45, 2.75) is 128 Å². The van der Waals surface area contributed by atoms with Gasteiger partial charge in [-0.15, -0.1) is 0 Å². The van der Waals surface area contributed by atoms with Crippen molar-refractivity contribution in [1.82, 2.24) is 0 Å². The third-order valence-corrected chi connectivity index (χ3v) is 9.57. The molecule has 30 heavy (non-hydrogen) atoms. The van der Waals surface area contributed by atoms with E-state index in [2.05, 4.69) is 0 Å². The third-order valence-electron chi connectivity index (χ3n) is 9.57. The van der Waals surface area contributed by atoms with Crippen LogP contribution < -0.4 is 11.5 Å². The average Bonchev–Trinajstić information content (AvgIpc) is 2.82. The topological polar surface area (TPSA) is 52.0 Å². The van der Waals surface area contributed by atoms with E-state index < -0.39 is 0 Å². The summed E-state index contributed by atoms with van der Waals surface area (Å²) in [5.74, 6) is 6.15. The Kier molecular flexibility index (Phi) is 11.6. The lowest BCUT2D eigenvalue weighted by molar-refractivity contribution is 0.111. The second-order valence-electron chi connectivity index (χ2n) is 11.5. The van der Waals surface area contributed by atoms with Crippen LogP contribution in [0.5, 0.6) is 0 Å². The Balaban J connectivity index is 1.25. The smallest absolute Gasteiger partial charge is 0.00489 e. The Morgan fingerprint density at radius 2 is 1.07 bits per heavy atom. The molecule has 2 nitrogen and oxygen atoms in total. The Labute approximate surface area is 188 Å². The molecule has 0 spiro atoms. The molecule has 3 saturated carbocycles. The molecule has 2 heteroatoms. The molecule has 176 valence electrons.